The number of methoxy groups -OCH3 is 4. The van der Waals surface area contributed by atoms with Gasteiger partial charge in [0.25, 0.3) is 5.91 Å². The van der Waals surface area contributed by atoms with E-state index in [0.29, 0.717) is 11.5 Å². The molecule has 0 heterocycles. The quantitative estimate of drug-likeness (QED) is 0.657. The van der Waals surface area contributed by atoms with Crippen LogP contribution in [0.5, 0.6) is 23.0 Å². The Balaban J connectivity index is 1.97. The number of benzene rings is 2. The molecule has 2 aromatic carbocycles. The van der Waals surface area contributed by atoms with Crippen LogP contribution in [-0.4, -0.2) is 46.9 Å². The summed E-state index contributed by atoms with van der Waals surface area (Å²) in [5.41, 5.74) is 0.987. The maximum atomic E-state index is 12.4. The van der Waals surface area contributed by atoms with Crippen LogP contribution in [0.1, 0.15) is 15.9 Å². The van der Waals surface area contributed by atoms with Crippen LogP contribution in [0.2, 0.25) is 0 Å². The zero-order valence-corrected chi connectivity index (χ0v) is 16.2. The SMILES string of the molecule is COc1cccc(CNC(=O)COC(=O)c2ccc(OC)c(OC)c2OC)c1. The lowest BCUT2D eigenvalue weighted by Crippen LogP contribution is -2.28. The Kier molecular flexibility index (Phi) is 7.50. The summed E-state index contributed by atoms with van der Waals surface area (Å²) in [6, 6.07) is 10.3. The number of rotatable bonds is 9. The number of hydrogen-bond donors (Lipinski definition) is 1. The first-order chi connectivity index (χ1) is 13.5. The van der Waals surface area contributed by atoms with E-state index in [2.05, 4.69) is 5.32 Å². The molecule has 150 valence electrons. The van der Waals surface area contributed by atoms with Crippen molar-refractivity contribution >= 4 is 11.9 Å². The van der Waals surface area contributed by atoms with Crippen molar-refractivity contribution in [2.45, 2.75) is 6.54 Å². The minimum Gasteiger partial charge on any atom is -0.497 e. The zero-order valence-electron chi connectivity index (χ0n) is 16.2. The first kappa shape index (κ1) is 20.9. The summed E-state index contributed by atoms with van der Waals surface area (Å²) in [6.07, 6.45) is 0. The van der Waals surface area contributed by atoms with Crippen LogP contribution in [0, 0.1) is 0 Å². The van der Waals surface area contributed by atoms with Crippen LogP contribution in [0.4, 0.5) is 0 Å². The Bertz CT molecular complexity index is 835. The summed E-state index contributed by atoms with van der Waals surface area (Å²) in [7, 11) is 5.87. The Labute approximate surface area is 163 Å². The molecule has 0 spiro atoms. The number of nitrogens with one attached hydrogen (secondary N) is 1. The third-order valence-corrected chi connectivity index (χ3v) is 3.88. The lowest BCUT2D eigenvalue weighted by Gasteiger charge is -2.15. The van der Waals surface area contributed by atoms with Gasteiger partial charge in [-0.25, -0.2) is 4.79 Å². The summed E-state index contributed by atoms with van der Waals surface area (Å²) in [6.45, 7) is -0.145. The Morgan fingerprint density at radius 3 is 2.29 bits per heavy atom. The highest BCUT2D eigenvalue weighted by molar-refractivity contribution is 5.95. The molecule has 0 aliphatic rings. The highest BCUT2D eigenvalue weighted by atomic mass is 16.5. The van der Waals surface area contributed by atoms with Crippen molar-refractivity contribution in [3.05, 3.63) is 47.5 Å². The van der Waals surface area contributed by atoms with E-state index >= 15 is 0 Å². The van der Waals surface area contributed by atoms with Crippen molar-refractivity contribution in [2.24, 2.45) is 0 Å². The lowest BCUT2D eigenvalue weighted by molar-refractivity contribution is -0.124. The van der Waals surface area contributed by atoms with Crippen molar-refractivity contribution in [2.75, 3.05) is 35.0 Å². The summed E-state index contributed by atoms with van der Waals surface area (Å²) in [5.74, 6) is 0.390. The van der Waals surface area contributed by atoms with E-state index < -0.39 is 18.5 Å². The molecule has 0 aromatic heterocycles. The topological polar surface area (TPSA) is 92.3 Å². The van der Waals surface area contributed by atoms with Gasteiger partial charge in [-0.2, -0.15) is 0 Å². The van der Waals surface area contributed by atoms with Crippen molar-refractivity contribution < 1.29 is 33.3 Å². The van der Waals surface area contributed by atoms with E-state index in [0.717, 1.165) is 5.56 Å². The van der Waals surface area contributed by atoms with Gasteiger partial charge in [0, 0.05) is 6.54 Å². The van der Waals surface area contributed by atoms with Gasteiger partial charge in [0.15, 0.2) is 18.1 Å². The summed E-state index contributed by atoms with van der Waals surface area (Å²) in [5, 5.41) is 2.68. The van der Waals surface area contributed by atoms with Crippen LogP contribution in [0.15, 0.2) is 36.4 Å². The van der Waals surface area contributed by atoms with Crippen molar-refractivity contribution in [3.8, 4) is 23.0 Å². The van der Waals surface area contributed by atoms with Gasteiger partial charge >= 0.3 is 5.97 Å². The van der Waals surface area contributed by atoms with Crippen LogP contribution in [0.25, 0.3) is 0 Å². The molecule has 0 aliphatic heterocycles. The minimum absolute atomic E-state index is 0.126. The average Bonchev–Trinajstić information content (AvgIpc) is 2.74. The maximum Gasteiger partial charge on any atom is 0.342 e. The average molecular weight is 389 g/mol. The Morgan fingerprint density at radius 2 is 1.64 bits per heavy atom. The van der Waals surface area contributed by atoms with E-state index in [9.17, 15) is 9.59 Å². The fourth-order valence-corrected chi connectivity index (χ4v) is 2.50. The second-order valence-electron chi connectivity index (χ2n) is 5.59. The van der Waals surface area contributed by atoms with Crippen LogP contribution < -0.4 is 24.3 Å². The number of amides is 1. The number of esters is 1. The molecule has 2 aromatic rings. The molecule has 0 unspecified atom stereocenters. The minimum atomic E-state index is -0.714. The van der Waals surface area contributed by atoms with Crippen molar-refractivity contribution in [3.63, 3.8) is 0 Å². The van der Waals surface area contributed by atoms with Crippen LogP contribution in [0.3, 0.4) is 0 Å². The summed E-state index contributed by atoms with van der Waals surface area (Å²) in [4.78, 5) is 24.3. The fourth-order valence-electron chi connectivity index (χ4n) is 2.50. The van der Waals surface area contributed by atoms with Gasteiger partial charge in [0.2, 0.25) is 5.75 Å². The molecule has 0 atom stereocenters. The molecule has 0 fully saturated rings. The molecule has 1 N–H and O–H groups in total. The predicted octanol–water partition coefficient (Wildman–Crippen LogP) is 2.19. The van der Waals surface area contributed by atoms with Crippen LogP contribution in [-0.2, 0) is 16.1 Å². The smallest absolute Gasteiger partial charge is 0.342 e. The first-order valence-corrected chi connectivity index (χ1v) is 8.39. The van der Waals surface area contributed by atoms with Crippen molar-refractivity contribution in [1.82, 2.24) is 5.32 Å². The molecular weight excluding hydrogens is 366 g/mol. The molecule has 0 aliphatic carbocycles. The maximum absolute atomic E-state index is 12.4. The largest absolute Gasteiger partial charge is 0.497 e. The van der Waals surface area contributed by atoms with E-state index in [-0.39, 0.29) is 23.6 Å². The highest BCUT2D eigenvalue weighted by Gasteiger charge is 2.22. The molecule has 8 nitrogen and oxygen atoms in total. The second-order valence-corrected chi connectivity index (χ2v) is 5.59. The van der Waals surface area contributed by atoms with E-state index in [1.807, 2.05) is 18.2 Å². The van der Waals surface area contributed by atoms with E-state index in [4.69, 9.17) is 23.7 Å². The van der Waals surface area contributed by atoms with Gasteiger partial charge in [-0.05, 0) is 29.8 Å². The molecule has 0 saturated heterocycles. The molecule has 1 amide bonds. The number of carbonyl (C=O) groups excluding carboxylic acids is 2. The third kappa shape index (κ3) is 5.06. The molecule has 0 radical (unpaired) electrons. The Morgan fingerprint density at radius 1 is 0.893 bits per heavy atom. The third-order valence-electron chi connectivity index (χ3n) is 3.88. The molecule has 2 rings (SSSR count). The van der Waals surface area contributed by atoms with Gasteiger partial charge in [-0.1, -0.05) is 12.1 Å². The fraction of sp³-hybridized carbons (Fsp3) is 0.300. The van der Waals surface area contributed by atoms with Crippen molar-refractivity contribution in [1.29, 1.82) is 0 Å². The summed E-state index contributed by atoms with van der Waals surface area (Å²) < 4.78 is 25.9. The number of carbonyl (C=O) groups is 2. The van der Waals surface area contributed by atoms with Gasteiger partial charge < -0.3 is 29.0 Å². The first-order valence-electron chi connectivity index (χ1n) is 8.39. The van der Waals surface area contributed by atoms with Gasteiger partial charge in [0.05, 0.1) is 28.4 Å². The van der Waals surface area contributed by atoms with Crippen LogP contribution >= 0.6 is 0 Å². The van der Waals surface area contributed by atoms with Gasteiger partial charge in [0.1, 0.15) is 11.3 Å². The zero-order chi connectivity index (χ0) is 20.5. The molecule has 8 heteroatoms. The highest BCUT2D eigenvalue weighted by Crippen LogP contribution is 2.39. The lowest BCUT2D eigenvalue weighted by atomic mass is 10.1. The summed E-state index contributed by atoms with van der Waals surface area (Å²) >= 11 is 0. The molecular formula is C20H23NO7. The van der Waals surface area contributed by atoms with Gasteiger partial charge in [-0.15, -0.1) is 0 Å². The standard InChI is InChI=1S/C20H23NO7/c1-24-14-7-5-6-13(10-14)11-21-17(22)12-28-20(23)15-8-9-16(25-2)19(27-4)18(15)26-3/h5-10H,11-12H2,1-4H3,(H,21,22). The Hall–Kier alpha value is -3.42. The molecule has 0 bridgehead atoms. The molecule has 0 saturated carbocycles. The monoisotopic (exact) mass is 389 g/mol. The normalized spacial score (nSPS) is 10.0. The van der Waals surface area contributed by atoms with E-state index in [1.165, 1.54) is 27.4 Å². The predicted molar refractivity (Wildman–Crippen MR) is 101 cm³/mol. The number of ether oxygens (including phenoxy) is 5. The number of hydrogen-bond acceptors (Lipinski definition) is 7. The van der Waals surface area contributed by atoms with E-state index in [1.54, 1.807) is 19.2 Å². The molecule has 28 heavy (non-hydrogen) atoms. The van der Waals surface area contributed by atoms with Gasteiger partial charge in [-0.3, -0.25) is 4.79 Å². The second kappa shape index (κ2) is 10.1.